The maximum atomic E-state index is 12.0. The second-order valence-electron chi connectivity index (χ2n) is 5.36. The van der Waals surface area contributed by atoms with E-state index in [1.165, 1.54) is 6.92 Å². The standard InChI is InChI=1S/C16H21ClN2O3/c1-12(20)19(11-15-3-2-10-22-15)9-8-18-16(21)13-4-6-14(17)7-5-13/h4-7,15H,2-3,8-11H2,1H3,(H,18,21). The second-order valence-corrected chi connectivity index (χ2v) is 5.80. The molecule has 0 bridgehead atoms. The minimum absolute atomic E-state index is 0.00348. The second kappa shape index (κ2) is 8.15. The van der Waals surface area contributed by atoms with Crippen LogP contribution < -0.4 is 5.32 Å². The van der Waals surface area contributed by atoms with Gasteiger partial charge in [0, 0.05) is 43.8 Å². The van der Waals surface area contributed by atoms with Crippen molar-refractivity contribution in [3.05, 3.63) is 34.9 Å². The SMILES string of the molecule is CC(=O)N(CCNC(=O)c1ccc(Cl)cc1)CC1CCCO1. The lowest BCUT2D eigenvalue weighted by Gasteiger charge is -2.24. The third-order valence-corrected chi connectivity index (χ3v) is 3.92. The molecular weight excluding hydrogens is 304 g/mol. The van der Waals surface area contributed by atoms with E-state index in [9.17, 15) is 9.59 Å². The Kier molecular flexibility index (Phi) is 6.21. The smallest absolute Gasteiger partial charge is 0.251 e. The Morgan fingerprint density at radius 1 is 1.36 bits per heavy atom. The molecule has 1 aromatic rings. The van der Waals surface area contributed by atoms with E-state index in [4.69, 9.17) is 16.3 Å². The normalized spacial score (nSPS) is 17.3. The van der Waals surface area contributed by atoms with Crippen LogP contribution >= 0.6 is 11.6 Å². The third kappa shape index (κ3) is 5.00. The number of rotatable bonds is 6. The van der Waals surface area contributed by atoms with Gasteiger partial charge in [0.15, 0.2) is 0 Å². The van der Waals surface area contributed by atoms with Gasteiger partial charge in [-0.1, -0.05) is 11.6 Å². The Hall–Kier alpha value is -1.59. The molecule has 5 nitrogen and oxygen atoms in total. The highest BCUT2D eigenvalue weighted by Crippen LogP contribution is 2.13. The minimum atomic E-state index is -0.169. The molecule has 1 fully saturated rings. The van der Waals surface area contributed by atoms with Gasteiger partial charge in [-0.05, 0) is 37.1 Å². The van der Waals surface area contributed by atoms with Gasteiger partial charge in [0.05, 0.1) is 6.10 Å². The van der Waals surface area contributed by atoms with Crippen molar-refractivity contribution in [3.63, 3.8) is 0 Å². The molecule has 1 unspecified atom stereocenters. The number of carbonyl (C=O) groups excluding carboxylic acids is 2. The summed E-state index contributed by atoms with van der Waals surface area (Å²) in [5, 5.41) is 3.41. The van der Waals surface area contributed by atoms with Gasteiger partial charge in [-0.2, -0.15) is 0 Å². The van der Waals surface area contributed by atoms with E-state index in [0.717, 1.165) is 19.4 Å². The van der Waals surface area contributed by atoms with Crippen LogP contribution in [-0.4, -0.2) is 49.1 Å². The zero-order valence-electron chi connectivity index (χ0n) is 12.7. The summed E-state index contributed by atoms with van der Waals surface area (Å²) in [6, 6.07) is 6.70. The van der Waals surface area contributed by atoms with E-state index < -0.39 is 0 Å². The van der Waals surface area contributed by atoms with Crippen LogP contribution in [0.3, 0.4) is 0 Å². The van der Waals surface area contributed by atoms with Gasteiger partial charge < -0.3 is 15.0 Å². The van der Waals surface area contributed by atoms with Crippen LogP contribution in [0.2, 0.25) is 5.02 Å². The van der Waals surface area contributed by atoms with E-state index in [2.05, 4.69) is 5.32 Å². The Labute approximate surface area is 135 Å². The molecule has 1 aromatic carbocycles. The highest BCUT2D eigenvalue weighted by atomic mass is 35.5. The maximum Gasteiger partial charge on any atom is 0.251 e. The first-order valence-electron chi connectivity index (χ1n) is 7.47. The molecule has 0 radical (unpaired) electrons. The van der Waals surface area contributed by atoms with Crippen molar-refractivity contribution in [3.8, 4) is 0 Å². The molecule has 1 atom stereocenters. The van der Waals surface area contributed by atoms with Crippen molar-refractivity contribution in [1.29, 1.82) is 0 Å². The molecule has 120 valence electrons. The van der Waals surface area contributed by atoms with Gasteiger partial charge in [-0.15, -0.1) is 0 Å². The molecule has 1 saturated heterocycles. The van der Waals surface area contributed by atoms with Gasteiger partial charge in [0.25, 0.3) is 5.91 Å². The van der Waals surface area contributed by atoms with Gasteiger partial charge in [-0.3, -0.25) is 9.59 Å². The van der Waals surface area contributed by atoms with Crippen molar-refractivity contribution in [2.24, 2.45) is 0 Å². The number of amides is 2. The highest BCUT2D eigenvalue weighted by molar-refractivity contribution is 6.30. The average Bonchev–Trinajstić information content (AvgIpc) is 2.99. The van der Waals surface area contributed by atoms with Crippen molar-refractivity contribution >= 4 is 23.4 Å². The van der Waals surface area contributed by atoms with Crippen molar-refractivity contribution in [1.82, 2.24) is 10.2 Å². The predicted molar refractivity (Wildman–Crippen MR) is 85.0 cm³/mol. The predicted octanol–water partition coefficient (Wildman–Crippen LogP) is 2.10. The van der Waals surface area contributed by atoms with Gasteiger partial charge in [0.2, 0.25) is 5.91 Å². The van der Waals surface area contributed by atoms with Gasteiger partial charge in [-0.25, -0.2) is 0 Å². The summed E-state index contributed by atoms with van der Waals surface area (Å²) < 4.78 is 5.55. The number of hydrogen-bond donors (Lipinski definition) is 1. The molecule has 2 rings (SSSR count). The largest absolute Gasteiger partial charge is 0.376 e. The lowest BCUT2D eigenvalue weighted by Crippen LogP contribution is -2.41. The molecule has 2 amide bonds. The van der Waals surface area contributed by atoms with E-state index in [1.54, 1.807) is 29.2 Å². The fourth-order valence-corrected chi connectivity index (χ4v) is 2.55. The number of halogens is 1. The van der Waals surface area contributed by atoms with Gasteiger partial charge >= 0.3 is 0 Å². The molecule has 0 aliphatic carbocycles. The molecule has 1 aliphatic rings. The average molecular weight is 325 g/mol. The Bertz CT molecular complexity index is 513. The third-order valence-electron chi connectivity index (χ3n) is 3.67. The quantitative estimate of drug-likeness (QED) is 0.871. The first-order chi connectivity index (χ1) is 10.6. The maximum absolute atomic E-state index is 12.0. The van der Waals surface area contributed by atoms with Gasteiger partial charge in [0.1, 0.15) is 0 Å². The first-order valence-corrected chi connectivity index (χ1v) is 7.85. The molecule has 0 saturated carbocycles. The summed E-state index contributed by atoms with van der Waals surface area (Å²) in [7, 11) is 0. The summed E-state index contributed by atoms with van der Waals surface area (Å²) in [4.78, 5) is 25.3. The summed E-state index contributed by atoms with van der Waals surface area (Å²) in [5.74, 6) is -0.173. The van der Waals surface area contributed by atoms with Crippen LogP contribution in [0.4, 0.5) is 0 Å². The van der Waals surface area contributed by atoms with E-state index in [0.29, 0.717) is 30.2 Å². The lowest BCUT2D eigenvalue weighted by molar-refractivity contribution is -0.130. The van der Waals surface area contributed by atoms with E-state index in [-0.39, 0.29) is 17.9 Å². The number of carbonyl (C=O) groups is 2. The van der Waals surface area contributed by atoms with Crippen LogP contribution in [0.1, 0.15) is 30.1 Å². The fraction of sp³-hybridized carbons (Fsp3) is 0.500. The Balaban J connectivity index is 1.78. The number of nitrogens with one attached hydrogen (secondary N) is 1. The Morgan fingerprint density at radius 3 is 2.68 bits per heavy atom. The molecule has 1 aliphatic heterocycles. The number of nitrogens with zero attached hydrogens (tertiary/aromatic N) is 1. The molecule has 1 heterocycles. The lowest BCUT2D eigenvalue weighted by atomic mass is 10.2. The molecule has 1 N–H and O–H groups in total. The molecule has 6 heteroatoms. The summed E-state index contributed by atoms with van der Waals surface area (Å²) in [6.07, 6.45) is 2.15. The molecule has 0 spiro atoms. The zero-order valence-corrected chi connectivity index (χ0v) is 13.4. The number of ether oxygens (including phenoxy) is 1. The molecule has 0 aromatic heterocycles. The van der Waals surface area contributed by atoms with Crippen molar-refractivity contribution in [2.45, 2.75) is 25.9 Å². The summed E-state index contributed by atoms with van der Waals surface area (Å²) in [6.45, 7) is 3.79. The van der Waals surface area contributed by atoms with Crippen LogP contribution in [0, 0.1) is 0 Å². The monoisotopic (exact) mass is 324 g/mol. The summed E-state index contributed by atoms with van der Waals surface area (Å²) in [5.41, 5.74) is 0.554. The minimum Gasteiger partial charge on any atom is -0.376 e. The van der Waals surface area contributed by atoms with Crippen LogP contribution in [0.15, 0.2) is 24.3 Å². The zero-order chi connectivity index (χ0) is 15.9. The summed E-state index contributed by atoms with van der Waals surface area (Å²) >= 11 is 5.79. The van der Waals surface area contributed by atoms with Crippen molar-refractivity contribution < 1.29 is 14.3 Å². The first kappa shape index (κ1) is 16.8. The number of hydrogen-bond acceptors (Lipinski definition) is 3. The number of benzene rings is 1. The molecule has 22 heavy (non-hydrogen) atoms. The van der Waals surface area contributed by atoms with E-state index in [1.807, 2.05) is 0 Å². The van der Waals surface area contributed by atoms with Crippen LogP contribution in [0.5, 0.6) is 0 Å². The van der Waals surface area contributed by atoms with Crippen LogP contribution in [-0.2, 0) is 9.53 Å². The topological polar surface area (TPSA) is 58.6 Å². The molecular formula is C16H21ClN2O3. The highest BCUT2D eigenvalue weighted by Gasteiger charge is 2.20. The van der Waals surface area contributed by atoms with E-state index >= 15 is 0 Å². The fourth-order valence-electron chi connectivity index (χ4n) is 2.42. The Morgan fingerprint density at radius 2 is 2.09 bits per heavy atom. The van der Waals surface area contributed by atoms with Crippen molar-refractivity contribution in [2.75, 3.05) is 26.2 Å². The van der Waals surface area contributed by atoms with Crippen LogP contribution in [0.25, 0.3) is 0 Å².